The van der Waals surface area contributed by atoms with E-state index in [4.69, 9.17) is 0 Å². The Balaban J connectivity index is 0.999. The highest BCUT2D eigenvalue weighted by molar-refractivity contribution is 5.98. The Morgan fingerprint density at radius 1 is 0.217 bits per heavy atom. The van der Waals surface area contributed by atoms with E-state index in [1.54, 1.807) is 0 Å². The second-order valence-corrected chi connectivity index (χ2v) is 20.4. The van der Waals surface area contributed by atoms with E-state index in [0.29, 0.717) is 0 Å². The fourth-order valence-electron chi connectivity index (χ4n) is 13.1. The Hall–Kier alpha value is -8.20. The molecule has 2 heteroatoms. The number of hydrogen-bond donors (Lipinski definition) is 0. The normalized spacial score (nSPS) is 15.0. The van der Waals surface area contributed by atoms with Gasteiger partial charge in [-0.05, 0) is 162 Å². The molecule has 14 rings (SSSR count). The van der Waals surface area contributed by atoms with Crippen LogP contribution in [0.25, 0.3) is 44.5 Å². The summed E-state index contributed by atoms with van der Waals surface area (Å²) in [6.07, 6.45) is 0. The van der Waals surface area contributed by atoms with Crippen LogP contribution in [0.2, 0.25) is 0 Å². The molecular formula is C67H50N2. The second kappa shape index (κ2) is 14.4. The van der Waals surface area contributed by atoms with E-state index in [0.717, 1.165) is 34.1 Å². The SMILES string of the molecule is CC1(C)c2ccccc2-c2ccc(N(c3ccccc3)c3ccc4c(c3)-c3cc(N(c5ccccc5)c5ccc6c(c5)C(C)(C)c5ccccc5-6)ccc3C43c4ccccc4-c4ccccc43)cc21. The molecule has 4 aliphatic carbocycles. The van der Waals surface area contributed by atoms with Crippen LogP contribution < -0.4 is 9.80 Å². The maximum Gasteiger partial charge on any atom is 0.0725 e. The Bertz CT molecular complexity index is 3500. The molecule has 328 valence electrons. The molecular weight excluding hydrogens is 833 g/mol. The summed E-state index contributed by atoms with van der Waals surface area (Å²) < 4.78 is 0. The molecule has 10 aromatic rings. The van der Waals surface area contributed by atoms with Gasteiger partial charge in [0, 0.05) is 45.0 Å². The zero-order valence-electron chi connectivity index (χ0n) is 39.3. The van der Waals surface area contributed by atoms with Crippen molar-refractivity contribution in [2.24, 2.45) is 0 Å². The van der Waals surface area contributed by atoms with Gasteiger partial charge < -0.3 is 9.80 Å². The van der Waals surface area contributed by atoms with E-state index in [1.807, 2.05) is 0 Å². The minimum atomic E-state index is -0.489. The van der Waals surface area contributed by atoms with E-state index in [1.165, 1.54) is 89.0 Å². The topological polar surface area (TPSA) is 6.48 Å². The first-order valence-corrected chi connectivity index (χ1v) is 24.4. The summed E-state index contributed by atoms with van der Waals surface area (Å²) in [6, 6.07) is 86.7. The number of nitrogens with zero attached hydrogens (tertiary/aromatic N) is 2. The standard InChI is InChI=1S/C67H50N2/c1-65(2)57-27-15-11-23-49(57)53-35-31-47(41-63(53)65)68(43-19-7-5-8-20-43)45-33-37-61-55(39-45)56-40-46(34-38-62(56)67(61)59-29-17-13-25-51(59)52-26-14-18-30-60(52)67)69(44-21-9-6-10-22-44)48-32-36-54-50-24-12-16-28-58(50)66(3,4)64(54)42-48/h5-42H,1-4H3. The molecule has 2 nitrogen and oxygen atoms in total. The third-order valence-corrected chi connectivity index (χ3v) is 16.3. The number of para-hydroxylation sites is 2. The minimum Gasteiger partial charge on any atom is -0.310 e. The van der Waals surface area contributed by atoms with Gasteiger partial charge in [-0.1, -0.05) is 185 Å². The fourth-order valence-corrected chi connectivity index (χ4v) is 13.1. The van der Waals surface area contributed by atoms with Gasteiger partial charge in [0.1, 0.15) is 0 Å². The molecule has 1 spiro atoms. The van der Waals surface area contributed by atoms with Crippen LogP contribution in [0.1, 0.15) is 72.2 Å². The Kier molecular flexibility index (Phi) is 8.33. The predicted octanol–water partition coefficient (Wildman–Crippen LogP) is 17.6. The first kappa shape index (κ1) is 39.9. The van der Waals surface area contributed by atoms with Crippen molar-refractivity contribution < 1.29 is 0 Å². The Labute approximate surface area is 405 Å². The molecule has 0 saturated carbocycles. The molecule has 69 heavy (non-hydrogen) atoms. The van der Waals surface area contributed by atoms with Gasteiger partial charge >= 0.3 is 0 Å². The smallest absolute Gasteiger partial charge is 0.0725 e. The van der Waals surface area contributed by atoms with E-state index in [2.05, 4.69) is 268 Å². The van der Waals surface area contributed by atoms with Crippen molar-refractivity contribution in [3.8, 4) is 44.5 Å². The summed E-state index contributed by atoms with van der Waals surface area (Å²) in [6.45, 7) is 9.49. The summed E-state index contributed by atoms with van der Waals surface area (Å²) in [5, 5.41) is 0. The fraction of sp³-hybridized carbons (Fsp3) is 0.104. The van der Waals surface area contributed by atoms with Crippen molar-refractivity contribution in [1.29, 1.82) is 0 Å². The van der Waals surface area contributed by atoms with Gasteiger partial charge in [0.05, 0.1) is 5.41 Å². The van der Waals surface area contributed by atoms with Gasteiger partial charge in [0.25, 0.3) is 0 Å². The largest absolute Gasteiger partial charge is 0.310 e. The van der Waals surface area contributed by atoms with E-state index >= 15 is 0 Å². The second-order valence-electron chi connectivity index (χ2n) is 20.4. The van der Waals surface area contributed by atoms with Crippen molar-refractivity contribution in [3.63, 3.8) is 0 Å². The summed E-state index contributed by atoms with van der Waals surface area (Å²) in [4.78, 5) is 4.93. The van der Waals surface area contributed by atoms with Gasteiger partial charge in [-0.3, -0.25) is 0 Å². The quantitative estimate of drug-likeness (QED) is 0.164. The van der Waals surface area contributed by atoms with Crippen molar-refractivity contribution in [1.82, 2.24) is 0 Å². The molecule has 0 N–H and O–H groups in total. The lowest BCUT2D eigenvalue weighted by Crippen LogP contribution is -2.26. The van der Waals surface area contributed by atoms with Gasteiger partial charge in [-0.15, -0.1) is 0 Å². The average Bonchev–Trinajstić information content (AvgIpc) is 4.02. The third-order valence-electron chi connectivity index (χ3n) is 16.3. The molecule has 0 aliphatic heterocycles. The Morgan fingerprint density at radius 3 is 0.913 bits per heavy atom. The molecule has 0 bridgehead atoms. The predicted molar refractivity (Wildman–Crippen MR) is 287 cm³/mol. The summed E-state index contributed by atoms with van der Waals surface area (Å²) in [5.74, 6) is 0. The molecule has 0 heterocycles. The summed E-state index contributed by atoms with van der Waals surface area (Å²) in [5.41, 5.74) is 27.3. The van der Waals surface area contributed by atoms with Crippen LogP contribution >= 0.6 is 0 Å². The van der Waals surface area contributed by atoms with Crippen LogP contribution in [0, 0.1) is 0 Å². The lowest BCUT2D eigenvalue weighted by molar-refractivity contribution is 0.660. The van der Waals surface area contributed by atoms with Crippen LogP contribution in [-0.4, -0.2) is 0 Å². The van der Waals surface area contributed by atoms with Gasteiger partial charge in [-0.2, -0.15) is 0 Å². The van der Waals surface area contributed by atoms with Crippen LogP contribution in [-0.2, 0) is 16.2 Å². The first-order valence-electron chi connectivity index (χ1n) is 24.4. The lowest BCUT2D eigenvalue weighted by atomic mass is 9.70. The van der Waals surface area contributed by atoms with Crippen molar-refractivity contribution in [2.45, 2.75) is 43.9 Å². The molecule has 10 aromatic carbocycles. The number of rotatable bonds is 6. The van der Waals surface area contributed by atoms with Crippen LogP contribution in [0.3, 0.4) is 0 Å². The van der Waals surface area contributed by atoms with E-state index in [9.17, 15) is 0 Å². The molecule has 0 atom stereocenters. The molecule has 4 aliphatic rings. The maximum atomic E-state index is 2.48. The number of benzene rings is 10. The van der Waals surface area contributed by atoms with Gasteiger partial charge in [0.15, 0.2) is 0 Å². The van der Waals surface area contributed by atoms with Crippen LogP contribution in [0.15, 0.2) is 231 Å². The Morgan fingerprint density at radius 2 is 0.507 bits per heavy atom. The molecule has 0 radical (unpaired) electrons. The number of anilines is 6. The summed E-state index contributed by atoms with van der Waals surface area (Å²) >= 11 is 0. The molecule has 0 unspecified atom stereocenters. The lowest BCUT2D eigenvalue weighted by Gasteiger charge is -2.32. The van der Waals surface area contributed by atoms with Gasteiger partial charge in [-0.25, -0.2) is 0 Å². The van der Waals surface area contributed by atoms with E-state index < -0.39 is 5.41 Å². The zero-order chi connectivity index (χ0) is 46.2. The monoisotopic (exact) mass is 882 g/mol. The summed E-state index contributed by atoms with van der Waals surface area (Å²) in [7, 11) is 0. The highest BCUT2D eigenvalue weighted by atomic mass is 15.1. The highest BCUT2D eigenvalue weighted by Crippen LogP contribution is 2.64. The zero-order valence-corrected chi connectivity index (χ0v) is 39.3. The van der Waals surface area contributed by atoms with Gasteiger partial charge in [0.2, 0.25) is 0 Å². The minimum absolute atomic E-state index is 0.129. The number of hydrogen-bond acceptors (Lipinski definition) is 2. The molecule has 0 fully saturated rings. The van der Waals surface area contributed by atoms with Crippen LogP contribution in [0.5, 0.6) is 0 Å². The first-order chi connectivity index (χ1) is 33.7. The van der Waals surface area contributed by atoms with Crippen molar-refractivity contribution >= 4 is 34.1 Å². The molecule has 0 amide bonds. The molecule has 0 aromatic heterocycles. The van der Waals surface area contributed by atoms with E-state index in [-0.39, 0.29) is 10.8 Å². The third kappa shape index (κ3) is 5.43. The van der Waals surface area contributed by atoms with Crippen molar-refractivity contribution in [3.05, 3.63) is 275 Å². The molecule has 0 saturated heterocycles. The van der Waals surface area contributed by atoms with Crippen LogP contribution in [0.4, 0.5) is 34.1 Å². The maximum absolute atomic E-state index is 2.48. The van der Waals surface area contributed by atoms with Crippen molar-refractivity contribution in [2.75, 3.05) is 9.80 Å². The average molecular weight is 883 g/mol. The highest BCUT2D eigenvalue weighted by Gasteiger charge is 2.52. The number of fused-ring (bicyclic) bond motifs is 16.